The Morgan fingerprint density at radius 1 is 1.80 bits per heavy atom. The molecule has 1 N–H and O–H groups in total. The predicted molar refractivity (Wildman–Crippen MR) is 38.3 cm³/mol. The van der Waals surface area contributed by atoms with E-state index in [2.05, 4.69) is 10.8 Å². The third-order valence-electron chi connectivity index (χ3n) is 2.68. The van der Waals surface area contributed by atoms with E-state index in [4.69, 9.17) is 6.42 Å². The van der Waals surface area contributed by atoms with E-state index < -0.39 is 5.60 Å². The van der Waals surface area contributed by atoms with E-state index in [9.17, 15) is 5.11 Å². The van der Waals surface area contributed by atoms with Gasteiger partial charge in [0.2, 0.25) is 0 Å². The van der Waals surface area contributed by atoms with Crippen LogP contribution in [0.1, 0.15) is 6.42 Å². The van der Waals surface area contributed by atoms with Crippen LogP contribution in [0.4, 0.5) is 0 Å². The molecule has 0 aromatic heterocycles. The molecule has 2 aliphatic rings. The van der Waals surface area contributed by atoms with Gasteiger partial charge in [0, 0.05) is 18.5 Å². The van der Waals surface area contributed by atoms with Crippen LogP contribution in [0, 0.1) is 18.3 Å². The molecule has 3 atom stereocenters. The van der Waals surface area contributed by atoms with Crippen LogP contribution in [-0.2, 0) is 0 Å². The van der Waals surface area contributed by atoms with Crippen molar-refractivity contribution in [2.45, 2.75) is 18.1 Å². The van der Waals surface area contributed by atoms with Crippen LogP contribution in [0.15, 0.2) is 0 Å². The lowest BCUT2D eigenvalue weighted by Gasteiger charge is -2.19. The van der Waals surface area contributed by atoms with Gasteiger partial charge in [-0.15, -0.1) is 6.42 Å². The fraction of sp³-hybridized carbons (Fsp3) is 0.750. The Kier molecular flexibility index (Phi) is 0.964. The molecule has 0 unspecified atom stereocenters. The van der Waals surface area contributed by atoms with Gasteiger partial charge < -0.3 is 5.11 Å². The topological polar surface area (TPSA) is 23.5 Å². The molecule has 0 amide bonds. The van der Waals surface area contributed by atoms with Gasteiger partial charge in [-0.25, -0.2) is 0 Å². The maximum atomic E-state index is 9.70. The largest absolute Gasteiger partial charge is 0.376 e. The van der Waals surface area contributed by atoms with Crippen molar-refractivity contribution in [1.29, 1.82) is 0 Å². The number of likely N-dealkylation sites (tertiary alicyclic amines) is 1. The normalized spacial score (nSPS) is 52.1. The minimum Gasteiger partial charge on any atom is -0.376 e. The average Bonchev–Trinajstić information content (AvgIpc) is 2.61. The first-order valence-electron chi connectivity index (χ1n) is 3.58. The van der Waals surface area contributed by atoms with Gasteiger partial charge >= 0.3 is 0 Å². The lowest BCUT2D eigenvalue weighted by atomic mass is 10.0. The number of aliphatic hydroxyl groups is 1. The summed E-state index contributed by atoms with van der Waals surface area (Å²) in [5.41, 5.74) is -0.806. The number of β-amino-alcohol motifs (C(OH)–C–C–N with tert-alkyl or cyclic N) is 1. The van der Waals surface area contributed by atoms with Gasteiger partial charge in [0.1, 0.15) is 5.60 Å². The number of rotatable bonds is 0. The Bertz CT molecular complexity index is 208. The van der Waals surface area contributed by atoms with Crippen molar-refractivity contribution in [3.63, 3.8) is 0 Å². The summed E-state index contributed by atoms with van der Waals surface area (Å²) in [4.78, 5) is 2.14. The molecule has 0 radical (unpaired) electrons. The fourth-order valence-corrected chi connectivity index (χ4v) is 1.95. The molecule has 1 saturated carbocycles. The Balaban J connectivity index is 2.23. The maximum absolute atomic E-state index is 9.70. The second-order valence-corrected chi connectivity index (χ2v) is 3.39. The molecule has 0 aromatic rings. The summed E-state index contributed by atoms with van der Waals surface area (Å²) < 4.78 is 0. The molecule has 1 saturated heterocycles. The molecular formula is C8H11NO. The van der Waals surface area contributed by atoms with E-state index in [0.717, 1.165) is 6.42 Å². The molecule has 54 valence electrons. The zero-order chi connectivity index (χ0) is 7.35. The first kappa shape index (κ1) is 6.21. The number of fused-ring (bicyclic) bond motifs is 1. The second kappa shape index (κ2) is 1.55. The number of hydrogen-bond donors (Lipinski definition) is 1. The molecule has 1 heterocycles. The van der Waals surface area contributed by atoms with Crippen molar-refractivity contribution in [3.8, 4) is 12.3 Å². The lowest BCUT2D eigenvalue weighted by molar-refractivity contribution is 0.0825. The number of terminal acetylenes is 1. The van der Waals surface area contributed by atoms with Crippen molar-refractivity contribution in [1.82, 2.24) is 4.90 Å². The quantitative estimate of drug-likeness (QED) is 0.463. The standard InChI is InChI=1S/C8H11NO/c1-3-8(10)5-9(2)7-4-6(7)8/h1,6-7,10H,4-5H2,2H3/t6-,7+,8+/m0/s1. The highest BCUT2D eigenvalue weighted by molar-refractivity contribution is 5.25. The first-order chi connectivity index (χ1) is 4.67. The molecule has 0 spiro atoms. The summed E-state index contributed by atoms with van der Waals surface area (Å²) in [6.45, 7) is 0.652. The molecule has 0 bridgehead atoms. The summed E-state index contributed by atoms with van der Waals surface area (Å²) in [6.07, 6.45) is 6.30. The molecule has 2 rings (SSSR count). The minimum absolute atomic E-state index is 0.363. The Labute approximate surface area is 60.8 Å². The molecule has 2 heteroatoms. The van der Waals surface area contributed by atoms with Gasteiger partial charge in [-0.1, -0.05) is 5.92 Å². The monoisotopic (exact) mass is 137 g/mol. The van der Waals surface area contributed by atoms with Gasteiger partial charge in [0.05, 0.1) is 0 Å². The number of nitrogens with zero attached hydrogens (tertiary/aromatic N) is 1. The zero-order valence-corrected chi connectivity index (χ0v) is 6.04. The summed E-state index contributed by atoms with van der Waals surface area (Å²) in [7, 11) is 2.01. The molecular weight excluding hydrogens is 126 g/mol. The minimum atomic E-state index is -0.806. The SMILES string of the molecule is C#C[C@@]1(O)CN(C)[C@@H]2C[C@@H]21. The van der Waals surface area contributed by atoms with Crippen molar-refractivity contribution in [2.75, 3.05) is 13.6 Å². The molecule has 0 aromatic carbocycles. The zero-order valence-electron chi connectivity index (χ0n) is 6.04. The van der Waals surface area contributed by atoms with Crippen molar-refractivity contribution in [3.05, 3.63) is 0 Å². The van der Waals surface area contributed by atoms with Crippen molar-refractivity contribution in [2.24, 2.45) is 5.92 Å². The summed E-state index contributed by atoms with van der Waals surface area (Å²) in [6, 6.07) is 0.570. The number of piperidine rings is 1. The van der Waals surface area contributed by atoms with Gasteiger partial charge in [0.15, 0.2) is 0 Å². The molecule has 2 fully saturated rings. The fourth-order valence-electron chi connectivity index (χ4n) is 1.95. The van der Waals surface area contributed by atoms with Crippen LogP contribution in [0.2, 0.25) is 0 Å². The van der Waals surface area contributed by atoms with Gasteiger partial charge in [-0.3, -0.25) is 4.90 Å². The van der Waals surface area contributed by atoms with Crippen LogP contribution in [0.25, 0.3) is 0 Å². The number of likely N-dealkylation sites (N-methyl/N-ethyl adjacent to an activating group) is 1. The summed E-state index contributed by atoms with van der Waals surface area (Å²) >= 11 is 0. The van der Waals surface area contributed by atoms with Crippen LogP contribution < -0.4 is 0 Å². The van der Waals surface area contributed by atoms with Gasteiger partial charge in [0.25, 0.3) is 0 Å². The smallest absolute Gasteiger partial charge is 0.142 e. The van der Waals surface area contributed by atoms with Crippen LogP contribution in [0.5, 0.6) is 0 Å². The first-order valence-corrected chi connectivity index (χ1v) is 3.58. The predicted octanol–water partition coefficient (Wildman–Crippen LogP) is -0.315. The van der Waals surface area contributed by atoms with Crippen LogP contribution >= 0.6 is 0 Å². The average molecular weight is 137 g/mol. The Morgan fingerprint density at radius 3 is 2.70 bits per heavy atom. The second-order valence-electron chi connectivity index (χ2n) is 3.39. The van der Waals surface area contributed by atoms with Crippen LogP contribution in [0.3, 0.4) is 0 Å². The third-order valence-corrected chi connectivity index (χ3v) is 2.68. The van der Waals surface area contributed by atoms with E-state index >= 15 is 0 Å². The highest BCUT2D eigenvalue weighted by Gasteiger charge is 2.59. The molecule has 10 heavy (non-hydrogen) atoms. The van der Waals surface area contributed by atoms with E-state index in [-0.39, 0.29) is 0 Å². The maximum Gasteiger partial charge on any atom is 0.142 e. The highest BCUT2D eigenvalue weighted by atomic mass is 16.3. The molecule has 2 nitrogen and oxygen atoms in total. The van der Waals surface area contributed by atoms with E-state index in [1.165, 1.54) is 0 Å². The van der Waals surface area contributed by atoms with E-state index in [0.29, 0.717) is 18.5 Å². The number of hydrogen-bond acceptors (Lipinski definition) is 2. The molecule has 1 aliphatic carbocycles. The van der Waals surface area contributed by atoms with Crippen molar-refractivity contribution >= 4 is 0 Å². The van der Waals surface area contributed by atoms with E-state index in [1.54, 1.807) is 0 Å². The van der Waals surface area contributed by atoms with Crippen molar-refractivity contribution < 1.29 is 5.11 Å². The van der Waals surface area contributed by atoms with Gasteiger partial charge in [-0.2, -0.15) is 0 Å². The van der Waals surface area contributed by atoms with E-state index in [1.807, 2.05) is 7.05 Å². The lowest BCUT2D eigenvalue weighted by Crippen LogP contribution is -2.35. The summed E-state index contributed by atoms with van der Waals surface area (Å²) in [5.74, 6) is 2.84. The van der Waals surface area contributed by atoms with Crippen LogP contribution in [-0.4, -0.2) is 35.2 Å². The Hall–Kier alpha value is -0.520. The molecule has 1 aliphatic heterocycles. The summed E-state index contributed by atoms with van der Waals surface area (Å²) in [5, 5.41) is 9.70. The van der Waals surface area contributed by atoms with Gasteiger partial charge in [-0.05, 0) is 13.5 Å². The third kappa shape index (κ3) is 0.570. The highest BCUT2D eigenvalue weighted by Crippen LogP contribution is 2.49. The Morgan fingerprint density at radius 2 is 2.50 bits per heavy atom.